The Bertz CT molecular complexity index is 316. The van der Waals surface area contributed by atoms with Gasteiger partial charge in [-0.3, -0.25) is 4.90 Å². The lowest BCUT2D eigenvalue weighted by Gasteiger charge is -2.19. The summed E-state index contributed by atoms with van der Waals surface area (Å²) in [5.41, 5.74) is 1.31. The summed E-state index contributed by atoms with van der Waals surface area (Å²) in [6.07, 6.45) is 2.59. The summed E-state index contributed by atoms with van der Waals surface area (Å²) in [6.45, 7) is 4.18. The van der Waals surface area contributed by atoms with Crippen molar-refractivity contribution in [3.63, 3.8) is 0 Å². The van der Waals surface area contributed by atoms with Gasteiger partial charge in [0.25, 0.3) is 0 Å². The van der Waals surface area contributed by atoms with Gasteiger partial charge in [-0.15, -0.1) is 11.3 Å². The average Bonchev–Trinajstić information content (AvgIpc) is 2.95. The fraction of sp³-hybridized carbons (Fsp3) is 0.636. The van der Waals surface area contributed by atoms with Gasteiger partial charge in [0.15, 0.2) is 0 Å². The molecular formula is C11H16BrNOS. The van der Waals surface area contributed by atoms with E-state index in [2.05, 4.69) is 33.8 Å². The molecule has 0 atom stereocenters. The highest BCUT2D eigenvalue weighted by Crippen LogP contribution is 2.32. The third-order valence-corrected chi connectivity index (χ3v) is 4.84. The molecule has 2 rings (SSSR count). The molecule has 0 aliphatic heterocycles. The molecule has 1 heterocycles. The van der Waals surface area contributed by atoms with Gasteiger partial charge in [-0.2, -0.15) is 0 Å². The zero-order chi connectivity index (χ0) is 10.8. The van der Waals surface area contributed by atoms with Crippen LogP contribution in [0.3, 0.4) is 0 Å². The van der Waals surface area contributed by atoms with Crippen LogP contribution in [0.5, 0.6) is 0 Å². The molecule has 0 bridgehead atoms. The Hall–Kier alpha value is 0.100. The molecule has 0 radical (unpaired) electrons. The van der Waals surface area contributed by atoms with Gasteiger partial charge in [0.1, 0.15) is 0 Å². The van der Waals surface area contributed by atoms with Gasteiger partial charge in [0.2, 0.25) is 0 Å². The van der Waals surface area contributed by atoms with E-state index < -0.39 is 0 Å². The van der Waals surface area contributed by atoms with Crippen molar-refractivity contribution in [3.8, 4) is 0 Å². The summed E-state index contributed by atoms with van der Waals surface area (Å²) in [6, 6.07) is 2.96. The molecule has 1 aromatic heterocycles. The van der Waals surface area contributed by atoms with E-state index in [1.165, 1.54) is 27.1 Å². The molecule has 0 amide bonds. The number of hydrogen-bond acceptors (Lipinski definition) is 3. The Labute approximate surface area is 103 Å². The summed E-state index contributed by atoms with van der Waals surface area (Å²) < 4.78 is 1.23. The van der Waals surface area contributed by atoms with Gasteiger partial charge in [-0.25, -0.2) is 0 Å². The average molecular weight is 290 g/mol. The Morgan fingerprint density at radius 1 is 1.60 bits per heavy atom. The van der Waals surface area contributed by atoms with Crippen LogP contribution in [0.15, 0.2) is 9.85 Å². The van der Waals surface area contributed by atoms with E-state index in [1.54, 1.807) is 0 Å². The first-order chi connectivity index (χ1) is 7.20. The minimum atomic E-state index is 0.266. The summed E-state index contributed by atoms with van der Waals surface area (Å²) in [5, 5.41) is 9.00. The first kappa shape index (κ1) is 11.6. The van der Waals surface area contributed by atoms with Crippen LogP contribution in [-0.4, -0.2) is 29.2 Å². The van der Waals surface area contributed by atoms with Crippen molar-refractivity contribution in [2.24, 2.45) is 0 Å². The van der Waals surface area contributed by atoms with Crippen molar-refractivity contribution in [3.05, 3.63) is 20.3 Å². The SMILES string of the molecule is Cc1cc(CN(CCO)C2CC2)sc1Br. The lowest BCUT2D eigenvalue weighted by Crippen LogP contribution is -2.28. The van der Waals surface area contributed by atoms with Crippen molar-refractivity contribution >= 4 is 27.3 Å². The topological polar surface area (TPSA) is 23.5 Å². The van der Waals surface area contributed by atoms with Crippen molar-refractivity contribution in [2.75, 3.05) is 13.2 Å². The number of nitrogens with zero attached hydrogens (tertiary/aromatic N) is 1. The fourth-order valence-electron chi connectivity index (χ4n) is 1.76. The predicted molar refractivity (Wildman–Crippen MR) is 67.3 cm³/mol. The highest BCUT2D eigenvalue weighted by atomic mass is 79.9. The molecule has 0 unspecified atom stereocenters. The maximum absolute atomic E-state index is 9.00. The smallest absolute Gasteiger partial charge is 0.0730 e. The number of halogens is 1. The highest BCUT2D eigenvalue weighted by Gasteiger charge is 2.28. The number of thiophene rings is 1. The van der Waals surface area contributed by atoms with Crippen LogP contribution in [0, 0.1) is 6.92 Å². The van der Waals surface area contributed by atoms with Crippen LogP contribution in [0.25, 0.3) is 0 Å². The number of aliphatic hydroxyl groups excluding tert-OH is 1. The second kappa shape index (κ2) is 4.95. The van der Waals surface area contributed by atoms with E-state index in [-0.39, 0.29) is 6.61 Å². The third kappa shape index (κ3) is 3.03. The van der Waals surface area contributed by atoms with E-state index >= 15 is 0 Å². The molecule has 1 N–H and O–H groups in total. The maximum atomic E-state index is 9.00. The normalized spacial score (nSPS) is 16.3. The summed E-state index contributed by atoms with van der Waals surface area (Å²) in [7, 11) is 0. The molecule has 0 saturated heterocycles. The van der Waals surface area contributed by atoms with Gasteiger partial charge >= 0.3 is 0 Å². The van der Waals surface area contributed by atoms with Crippen molar-refractivity contribution in [1.82, 2.24) is 4.90 Å². The molecule has 1 saturated carbocycles. The molecule has 0 aromatic carbocycles. The first-order valence-corrected chi connectivity index (χ1v) is 6.91. The Balaban J connectivity index is 1.98. The van der Waals surface area contributed by atoms with E-state index in [9.17, 15) is 0 Å². The van der Waals surface area contributed by atoms with Gasteiger partial charge < -0.3 is 5.11 Å². The largest absolute Gasteiger partial charge is 0.395 e. The van der Waals surface area contributed by atoms with Crippen molar-refractivity contribution in [1.29, 1.82) is 0 Å². The Morgan fingerprint density at radius 2 is 2.33 bits per heavy atom. The second-order valence-electron chi connectivity index (χ2n) is 4.09. The van der Waals surface area contributed by atoms with Crippen LogP contribution in [0.4, 0.5) is 0 Å². The zero-order valence-electron chi connectivity index (χ0n) is 8.87. The summed E-state index contributed by atoms with van der Waals surface area (Å²) in [4.78, 5) is 3.78. The minimum absolute atomic E-state index is 0.266. The second-order valence-corrected chi connectivity index (χ2v) is 6.55. The lowest BCUT2D eigenvalue weighted by atomic mass is 10.3. The van der Waals surface area contributed by atoms with Gasteiger partial charge in [-0.1, -0.05) is 0 Å². The molecule has 15 heavy (non-hydrogen) atoms. The molecular weight excluding hydrogens is 274 g/mol. The number of aliphatic hydroxyl groups is 1. The van der Waals surface area contributed by atoms with Crippen LogP contribution in [0.2, 0.25) is 0 Å². The van der Waals surface area contributed by atoms with E-state index in [4.69, 9.17) is 5.11 Å². The third-order valence-electron chi connectivity index (χ3n) is 2.72. The molecule has 1 fully saturated rings. The van der Waals surface area contributed by atoms with Gasteiger partial charge in [-0.05, 0) is 47.3 Å². The monoisotopic (exact) mass is 289 g/mol. The standard InChI is InChI=1S/C11H16BrNOS/c1-8-6-10(15-11(8)12)7-13(4-5-14)9-2-3-9/h6,9,14H,2-5,7H2,1H3. The van der Waals surface area contributed by atoms with Crippen LogP contribution >= 0.6 is 27.3 Å². The fourth-order valence-corrected chi connectivity index (χ4v) is 3.41. The Morgan fingerprint density at radius 3 is 2.80 bits per heavy atom. The molecule has 0 spiro atoms. The number of rotatable bonds is 5. The zero-order valence-corrected chi connectivity index (χ0v) is 11.3. The number of aryl methyl sites for hydroxylation is 1. The number of hydrogen-bond donors (Lipinski definition) is 1. The highest BCUT2D eigenvalue weighted by molar-refractivity contribution is 9.11. The predicted octanol–water partition coefficient (Wildman–Crippen LogP) is 2.78. The molecule has 84 valence electrons. The van der Waals surface area contributed by atoms with E-state index in [0.717, 1.165) is 19.1 Å². The maximum Gasteiger partial charge on any atom is 0.0730 e. The summed E-state index contributed by atoms with van der Waals surface area (Å²) in [5.74, 6) is 0. The van der Waals surface area contributed by atoms with Crippen LogP contribution in [-0.2, 0) is 6.54 Å². The van der Waals surface area contributed by atoms with Gasteiger partial charge in [0, 0.05) is 24.0 Å². The molecule has 1 aliphatic carbocycles. The molecule has 4 heteroatoms. The molecule has 1 aliphatic rings. The van der Waals surface area contributed by atoms with E-state index in [0.29, 0.717) is 0 Å². The first-order valence-electron chi connectivity index (χ1n) is 5.30. The minimum Gasteiger partial charge on any atom is -0.395 e. The van der Waals surface area contributed by atoms with Crippen molar-refractivity contribution < 1.29 is 5.11 Å². The quantitative estimate of drug-likeness (QED) is 0.901. The Kier molecular flexibility index (Phi) is 3.83. The van der Waals surface area contributed by atoms with Crippen LogP contribution in [0.1, 0.15) is 23.3 Å². The van der Waals surface area contributed by atoms with E-state index in [1.807, 2.05) is 11.3 Å². The molecule has 2 nitrogen and oxygen atoms in total. The van der Waals surface area contributed by atoms with Crippen LogP contribution < -0.4 is 0 Å². The van der Waals surface area contributed by atoms with Crippen molar-refractivity contribution in [2.45, 2.75) is 32.4 Å². The molecule has 1 aromatic rings. The van der Waals surface area contributed by atoms with Gasteiger partial charge in [0.05, 0.1) is 10.4 Å². The lowest BCUT2D eigenvalue weighted by molar-refractivity contribution is 0.184. The summed E-state index contributed by atoms with van der Waals surface area (Å²) >= 11 is 5.36.